The third kappa shape index (κ3) is 12.5. The Hall–Kier alpha value is -1.81. The van der Waals surface area contributed by atoms with Crippen LogP contribution in [0, 0.1) is 0 Å². The van der Waals surface area contributed by atoms with Gasteiger partial charge in [-0.3, -0.25) is 38.4 Å². The van der Waals surface area contributed by atoms with E-state index in [9.17, 15) is 28.8 Å². The second-order valence-electron chi connectivity index (χ2n) is 8.45. The molecule has 210 valence electrons. The SMILES string of the molecule is CC(=O)[C@H](CS)NSC1CC(=O)N(CCNC(=O)C[C@H](NC(=O)CCCCCS)C(=O)NCCN)C1=O. The van der Waals surface area contributed by atoms with Gasteiger partial charge in [0.15, 0.2) is 0 Å². The fourth-order valence-corrected chi connectivity index (χ4v) is 5.05. The van der Waals surface area contributed by atoms with Crippen molar-refractivity contribution in [2.75, 3.05) is 37.7 Å². The molecule has 0 aromatic rings. The first-order chi connectivity index (χ1) is 17.6. The lowest BCUT2D eigenvalue weighted by Gasteiger charge is -2.19. The Balaban J connectivity index is 2.55. The molecule has 1 fully saturated rings. The van der Waals surface area contributed by atoms with Gasteiger partial charge in [-0.15, -0.1) is 0 Å². The summed E-state index contributed by atoms with van der Waals surface area (Å²) in [5.74, 6) is -1.31. The molecule has 6 N–H and O–H groups in total. The summed E-state index contributed by atoms with van der Waals surface area (Å²) < 4.78 is 2.88. The van der Waals surface area contributed by atoms with E-state index in [4.69, 9.17) is 5.73 Å². The Morgan fingerprint density at radius 3 is 2.41 bits per heavy atom. The van der Waals surface area contributed by atoms with Crippen LogP contribution in [-0.2, 0) is 28.8 Å². The molecule has 1 aliphatic heterocycles. The highest BCUT2D eigenvalue weighted by Crippen LogP contribution is 2.23. The van der Waals surface area contributed by atoms with E-state index in [0.717, 1.165) is 35.4 Å². The van der Waals surface area contributed by atoms with Crippen LogP contribution in [0.2, 0.25) is 0 Å². The number of hydrogen-bond acceptors (Lipinski definition) is 11. The van der Waals surface area contributed by atoms with E-state index in [1.165, 1.54) is 6.92 Å². The summed E-state index contributed by atoms with van der Waals surface area (Å²) in [7, 11) is 0. The third-order valence-electron chi connectivity index (χ3n) is 5.43. The molecule has 0 aliphatic carbocycles. The summed E-state index contributed by atoms with van der Waals surface area (Å²) in [5, 5.41) is 7.07. The predicted octanol–water partition coefficient (Wildman–Crippen LogP) is -1.20. The molecule has 1 saturated heterocycles. The number of likely N-dealkylation sites (tertiary alicyclic amines) is 1. The number of nitrogens with zero attached hydrogens (tertiary/aromatic N) is 1. The van der Waals surface area contributed by atoms with Crippen molar-refractivity contribution in [1.29, 1.82) is 0 Å². The highest BCUT2D eigenvalue weighted by Gasteiger charge is 2.39. The minimum absolute atomic E-state index is 0.0113. The van der Waals surface area contributed by atoms with Crippen LogP contribution in [0.15, 0.2) is 0 Å². The maximum absolute atomic E-state index is 12.6. The van der Waals surface area contributed by atoms with Crippen LogP contribution in [0.1, 0.15) is 45.4 Å². The van der Waals surface area contributed by atoms with Crippen molar-refractivity contribution < 1.29 is 28.8 Å². The number of thiol groups is 2. The molecule has 0 bridgehead atoms. The number of amides is 5. The van der Waals surface area contributed by atoms with Crippen LogP contribution in [0.25, 0.3) is 0 Å². The van der Waals surface area contributed by atoms with Gasteiger partial charge in [-0.1, -0.05) is 18.4 Å². The van der Waals surface area contributed by atoms with Crippen LogP contribution in [0.3, 0.4) is 0 Å². The molecular weight excluding hydrogens is 540 g/mol. The lowest BCUT2D eigenvalue weighted by atomic mass is 10.1. The molecule has 1 rings (SSSR count). The number of carbonyl (C=O) groups is 6. The number of ketones is 1. The van der Waals surface area contributed by atoms with Crippen molar-refractivity contribution in [1.82, 2.24) is 25.6 Å². The summed E-state index contributed by atoms with van der Waals surface area (Å²) in [4.78, 5) is 74.6. The summed E-state index contributed by atoms with van der Waals surface area (Å²) in [6.45, 7) is 1.77. The predicted molar refractivity (Wildman–Crippen MR) is 148 cm³/mol. The first kappa shape index (κ1) is 33.2. The van der Waals surface area contributed by atoms with Gasteiger partial charge < -0.3 is 21.7 Å². The standard InChI is InChI=1S/C22H38N6O6S3/c1-14(29)16(13-36)27-37-17-12-20(32)28(22(17)34)9-8-24-19(31)11-15(21(33)25-7-6-23)26-18(30)5-3-2-4-10-35/h15-17,27,35-36H,2-13,23H2,1H3,(H,24,31)(H,25,33)(H,26,30)/t15-,16-,17?/m0/s1. The van der Waals surface area contributed by atoms with Crippen LogP contribution < -0.4 is 26.4 Å². The van der Waals surface area contributed by atoms with Crippen molar-refractivity contribution in [3.63, 3.8) is 0 Å². The molecule has 0 aromatic heterocycles. The zero-order valence-electron chi connectivity index (χ0n) is 21.0. The molecule has 12 nitrogen and oxygen atoms in total. The summed E-state index contributed by atoms with van der Waals surface area (Å²) in [6, 6.07) is -1.61. The molecule has 1 aliphatic rings. The summed E-state index contributed by atoms with van der Waals surface area (Å²) >= 11 is 9.24. The smallest absolute Gasteiger partial charge is 0.244 e. The van der Waals surface area contributed by atoms with Gasteiger partial charge in [-0.25, -0.2) is 0 Å². The summed E-state index contributed by atoms with van der Waals surface area (Å²) in [5.41, 5.74) is 5.41. The lowest BCUT2D eigenvalue weighted by molar-refractivity contribution is -0.138. The van der Waals surface area contributed by atoms with Gasteiger partial charge >= 0.3 is 0 Å². The second kappa shape index (κ2) is 18.4. The number of nitrogens with one attached hydrogen (secondary N) is 4. The lowest BCUT2D eigenvalue weighted by Crippen LogP contribution is -2.50. The van der Waals surface area contributed by atoms with Gasteiger partial charge in [0.2, 0.25) is 29.5 Å². The Kier molecular flexibility index (Phi) is 16.6. The van der Waals surface area contributed by atoms with E-state index in [1.807, 2.05) is 0 Å². The first-order valence-corrected chi connectivity index (χ1v) is 14.3. The minimum Gasteiger partial charge on any atom is -0.354 e. The first-order valence-electron chi connectivity index (χ1n) is 12.2. The van der Waals surface area contributed by atoms with Crippen LogP contribution in [-0.4, -0.2) is 95.2 Å². The largest absolute Gasteiger partial charge is 0.354 e. The molecule has 0 radical (unpaired) electrons. The maximum Gasteiger partial charge on any atom is 0.244 e. The zero-order valence-corrected chi connectivity index (χ0v) is 23.6. The van der Waals surface area contributed by atoms with Gasteiger partial charge in [0.05, 0.1) is 12.5 Å². The van der Waals surface area contributed by atoms with Gasteiger partial charge in [0, 0.05) is 44.8 Å². The van der Waals surface area contributed by atoms with Gasteiger partial charge in [0.1, 0.15) is 17.1 Å². The Bertz CT molecular complexity index is 818. The third-order valence-corrected chi connectivity index (χ3v) is 7.19. The Labute approximate surface area is 232 Å². The van der Waals surface area contributed by atoms with E-state index in [2.05, 4.69) is 45.9 Å². The average Bonchev–Trinajstić information content (AvgIpc) is 3.12. The molecule has 37 heavy (non-hydrogen) atoms. The van der Waals surface area contributed by atoms with E-state index >= 15 is 0 Å². The van der Waals surface area contributed by atoms with Crippen molar-refractivity contribution in [2.45, 2.75) is 62.8 Å². The monoisotopic (exact) mass is 578 g/mol. The van der Waals surface area contributed by atoms with Gasteiger partial charge in [-0.05, 0) is 25.5 Å². The number of Topliss-reactive ketones (excluding diaryl/α,β-unsaturated/α-hetero) is 1. The fraction of sp³-hybridized carbons (Fsp3) is 0.727. The van der Waals surface area contributed by atoms with Gasteiger partial charge in [-0.2, -0.15) is 25.3 Å². The number of unbranched alkanes of at least 4 members (excludes halogenated alkanes) is 2. The normalized spacial score (nSPS) is 16.9. The topological polar surface area (TPSA) is 180 Å². The number of rotatable bonds is 19. The second-order valence-corrected chi connectivity index (χ2v) is 10.3. The van der Waals surface area contributed by atoms with E-state index in [-0.39, 0.29) is 68.8 Å². The van der Waals surface area contributed by atoms with Crippen molar-refractivity contribution >= 4 is 72.5 Å². The number of hydrogen-bond donors (Lipinski definition) is 7. The van der Waals surface area contributed by atoms with E-state index in [0.29, 0.717) is 6.42 Å². The van der Waals surface area contributed by atoms with Crippen molar-refractivity contribution in [3.05, 3.63) is 0 Å². The van der Waals surface area contributed by atoms with Gasteiger partial charge in [0.25, 0.3) is 0 Å². The van der Waals surface area contributed by atoms with Crippen molar-refractivity contribution in [2.24, 2.45) is 5.73 Å². The Morgan fingerprint density at radius 2 is 1.78 bits per heavy atom. The van der Waals surface area contributed by atoms with Crippen LogP contribution in [0.5, 0.6) is 0 Å². The van der Waals surface area contributed by atoms with E-state index < -0.39 is 35.1 Å². The molecule has 15 heteroatoms. The minimum atomic E-state index is -1.08. The Morgan fingerprint density at radius 1 is 1.05 bits per heavy atom. The molecular formula is C22H38N6O6S3. The maximum atomic E-state index is 12.6. The molecule has 0 spiro atoms. The highest BCUT2D eigenvalue weighted by molar-refractivity contribution is 7.98. The van der Waals surface area contributed by atoms with Crippen LogP contribution >= 0.6 is 37.2 Å². The quantitative estimate of drug-likeness (QED) is 0.0429. The number of imide groups is 1. The molecule has 3 atom stereocenters. The number of nitrogens with two attached hydrogens (primary N) is 1. The molecule has 1 heterocycles. The number of carbonyl (C=O) groups excluding carboxylic acids is 6. The highest BCUT2D eigenvalue weighted by atomic mass is 32.2. The molecule has 5 amide bonds. The molecule has 1 unspecified atom stereocenters. The molecule has 0 aromatic carbocycles. The zero-order chi connectivity index (χ0) is 27.8. The molecule has 0 saturated carbocycles. The van der Waals surface area contributed by atoms with Crippen molar-refractivity contribution in [3.8, 4) is 0 Å². The summed E-state index contributed by atoms with van der Waals surface area (Å²) in [6.07, 6.45) is 2.25. The average molecular weight is 579 g/mol. The fourth-order valence-electron chi connectivity index (χ4n) is 3.33. The van der Waals surface area contributed by atoms with E-state index in [1.54, 1.807) is 0 Å². The van der Waals surface area contributed by atoms with Crippen LogP contribution in [0.4, 0.5) is 0 Å².